The maximum Gasteiger partial charge on any atom is 0.249 e. The molecule has 0 aliphatic heterocycles. The van der Waals surface area contributed by atoms with Crippen LogP contribution in [-0.4, -0.2) is 10.5 Å². The van der Waals surface area contributed by atoms with E-state index in [1.807, 2.05) is 0 Å². The van der Waals surface area contributed by atoms with E-state index in [0.717, 1.165) is 6.07 Å². The second-order valence-electron chi connectivity index (χ2n) is 6.07. The number of hydrogen-bond donors (Lipinski definition) is 1. The molecule has 7 heteroatoms. The van der Waals surface area contributed by atoms with Crippen molar-refractivity contribution in [3.05, 3.63) is 82.9 Å². The summed E-state index contributed by atoms with van der Waals surface area (Å²) < 4.78 is 56.2. The minimum atomic E-state index is -1.29. The lowest BCUT2D eigenvalue weighted by Crippen LogP contribution is -2.11. The van der Waals surface area contributed by atoms with Gasteiger partial charge in [0.1, 0.15) is 11.6 Å². The number of rotatable bonds is 3. The van der Waals surface area contributed by atoms with Gasteiger partial charge in [0.15, 0.2) is 11.6 Å². The second-order valence-corrected chi connectivity index (χ2v) is 6.07. The molecule has 1 radical (unpaired) electrons. The molecular weight excluding hydrogens is 360 g/mol. The Morgan fingerprint density at radius 2 is 1.70 bits per heavy atom. The fourth-order valence-corrected chi connectivity index (χ4v) is 3.26. The van der Waals surface area contributed by atoms with Crippen LogP contribution in [-0.2, 0) is 6.54 Å². The minimum Gasteiger partial charge on any atom is -0.366 e. The Hall–Kier alpha value is -3.35. The van der Waals surface area contributed by atoms with Gasteiger partial charge in [-0.25, -0.2) is 17.6 Å². The maximum absolute atomic E-state index is 14.1. The first-order valence-electron chi connectivity index (χ1n) is 7.93. The Morgan fingerprint density at radius 1 is 0.963 bits per heavy atom. The number of primary amides is 1. The van der Waals surface area contributed by atoms with Crippen molar-refractivity contribution >= 4 is 27.7 Å². The van der Waals surface area contributed by atoms with Crippen molar-refractivity contribution in [1.29, 1.82) is 0 Å². The number of nitrogens with zero attached hydrogens (tertiary/aromatic N) is 1. The summed E-state index contributed by atoms with van der Waals surface area (Å²) in [5.74, 6) is -4.73. The fraction of sp³-hybridized carbons (Fsp3) is 0.0500. The molecule has 0 aliphatic rings. The highest BCUT2D eigenvalue weighted by Crippen LogP contribution is 2.33. The van der Waals surface area contributed by atoms with E-state index in [-0.39, 0.29) is 17.7 Å². The van der Waals surface area contributed by atoms with Crippen LogP contribution in [0.4, 0.5) is 17.6 Å². The van der Waals surface area contributed by atoms with Crippen LogP contribution in [0.3, 0.4) is 0 Å². The van der Waals surface area contributed by atoms with Gasteiger partial charge in [0.05, 0.1) is 17.6 Å². The Bertz CT molecular complexity index is 1230. The van der Waals surface area contributed by atoms with Gasteiger partial charge in [0.2, 0.25) is 5.91 Å². The third-order valence-corrected chi connectivity index (χ3v) is 4.45. The molecule has 1 amide bonds. The zero-order valence-electron chi connectivity index (χ0n) is 13.7. The van der Waals surface area contributed by atoms with Crippen LogP contribution in [0.2, 0.25) is 0 Å². The Morgan fingerprint density at radius 3 is 2.44 bits per heavy atom. The van der Waals surface area contributed by atoms with Gasteiger partial charge in [0.25, 0.3) is 0 Å². The zero-order chi connectivity index (χ0) is 19.3. The lowest BCUT2D eigenvalue weighted by molar-refractivity contribution is 0.100. The predicted molar refractivity (Wildman–Crippen MR) is 92.2 cm³/mol. The molecule has 4 aromatic rings. The summed E-state index contributed by atoms with van der Waals surface area (Å²) in [6.07, 6.45) is 0. The Labute approximate surface area is 150 Å². The first kappa shape index (κ1) is 17.1. The highest BCUT2D eigenvalue weighted by Gasteiger charge is 2.19. The van der Waals surface area contributed by atoms with Gasteiger partial charge in [-0.2, -0.15) is 0 Å². The summed E-state index contributed by atoms with van der Waals surface area (Å²) in [6.45, 7) is -0.162. The SMILES string of the molecule is NC(=O)c1cccc2c1c1[c]c(F)ccc1n2Cc1cc(F)c(F)cc1F. The van der Waals surface area contributed by atoms with E-state index in [0.29, 0.717) is 27.9 Å². The van der Waals surface area contributed by atoms with Crippen LogP contribution >= 0.6 is 0 Å². The summed E-state index contributed by atoms with van der Waals surface area (Å²) in [5, 5.41) is 0.657. The Kier molecular flexibility index (Phi) is 3.87. The first-order valence-corrected chi connectivity index (χ1v) is 7.93. The van der Waals surface area contributed by atoms with Crippen LogP contribution in [0.1, 0.15) is 15.9 Å². The largest absolute Gasteiger partial charge is 0.366 e. The van der Waals surface area contributed by atoms with Crippen LogP contribution in [0.25, 0.3) is 21.8 Å². The standard InChI is InChI=1S/C20H11F4N2O/c21-11-4-5-17-13(7-11)19-12(20(25)27)2-1-3-18(19)26(17)9-10-6-15(23)16(24)8-14(10)22/h1-6,8H,9H2,(H2,25,27). The number of amides is 1. The van der Waals surface area contributed by atoms with E-state index in [2.05, 4.69) is 6.07 Å². The summed E-state index contributed by atoms with van der Waals surface area (Å²) in [5.41, 5.74) is 6.40. The number of hydrogen-bond acceptors (Lipinski definition) is 1. The van der Waals surface area contributed by atoms with Gasteiger partial charge in [-0.3, -0.25) is 4.79 Å². The van der Waals surface area contributed by atoms with Gasteiger partial charge in [-0.05, 0) is 30.3 Å². The molecule has 135 valence electrons. The molecule has 0 spiro atoms. The summed E-state index contributed by atoms with van der Waals surface area (Å²) >= 11 is 0. The number of fused-ring (bicyclic) bond motifs is 3. The number of halogens is 4. The molecule has 4 rings (SSSR count). The van der Waals surface area contributed by atoms with Gasteiger partial charge < -0.3 is 10.3 Å². The third kappa shape index (κ3) is 2.71. The van der Waals surface area contributed by atoms with Crippen LogP contribution in [0.15, 0.2) is 42.5 Å². The lowest BCUT2D eigenvalue weighted by Gasteiger charge is -2.10. The second kappa shape index (κ2) is 6.12. The molecule has 2 N–H and O–H groups in total. The topological polar surface area (TPSA) is 48.0 Å². The smallest absolute Gasteiger partial charge is 0.249 e. The molecule has 0 bridgehead atoms. The first-order chi connectivity index (χ1) is 12.9. The van der Waals surface area contributed by atoms with Gasteiger partial charge in [0, 0.05) is 34.0 Å². The van der Waals surface area contributed by atoms with Crippen molar-refractivity contribution < 1.29 is 22.4 Å². The number of nitrogens with two attached hydrogens (primary N) is 1. The van der Waals surface area contributed by atoms with Crippen LogP contribution in [0, 0.1) is 29.3 Å². The van der Waals surface area contributed by atoms with Crippen molar-refractivity contribution in [2.24, 2.45) is 5.73 Å². The van der Waals surface area contributed by atoms with E-state index >= 15 is 0 Å². The van der Waals surface area contributed by atoms with Crippen LogP contribution < -0.4 is 5.73 Å². The summed E-state index contributed by atoms with van der Waals surface area (Å²) in [4.78, 5) is 11.8. The van der Waals surface area contributed by atoms with Gasteiger partial charge >= 0.3 is 0 Å². The molecule has 0 fully saturated rings. The third-order valence-electron chi connectivity index (χ3n) is 4.45. The van der Waals surface area contributed by atoms with E-state index < -0.39 is 29.2 Å². The van der Waals surface area contributed by atoms with Gasteiger partial charge in [-0.15, -0.1) is 0 Å². The highest BCUT2D eigenvalue weighted by atomic mass is 19.2. The molecule has 3 aromatic carbocycles. The van der Waals surface area contributed by atoms with Crippen LogP contribution in [0.5, 0.6) is 0 Å². The minimum absolute atomic E-state index is 0.0958. The molecule has 3 nitrogen and oxygen atoms in total. The molecule has 0 saturated heterocycles. The summed E-state index contributed by atoms with van der Waals surface area (Å²) in [6, 6.07) is 11.1. The van der Waals surface area contributed by atoms with E-state index in [9.17, 15) is 22.4 Å². The quantitative estimate of drug-likeness (QED) is 0.424. The average molecular weight is 371 g/mol. The molecule has 0 atom stereocenters. The summed E-state index contributed by atoms with van der Waals surface area (Å²) in [7, 11) is 0. The fourth-order valence-electron chi connectivity index (χ4n) is 3.26. The molecule has 1 heterocycles. The van der Waals surface area contributed by atoms with Crippen molar-refractivity contribution in [2.75, 3.05) is 0 Å². The predicted octanol–water partition coefficient (Wildman–Crippen LogP) is 4.30. The Balaban J connectivity index is 2.04. The van der Waals surface area contributed by atoms with Crippen molar-refractivity contribution in [3.8, 4) is 0 Å². The number of carbonyl (C=O) groups excluding carboxylic acids is 1. The molecule has 0 saturated carbocycles. The van der Waals surface area contributed by atoms with E-state index in [1.54, 1.807) is 16.7 Å². The highest BCUT2D eigenvalue weighted by molar-refractivity contribution is 6.17. The van der Waals surface area contributed by atoms with Gasteiger partial charge in [-0.1, -0.05) is 6.07 Å². The van der Waals surface area contributed by atoms with E-state index in [4.69, 9.17) is 5.73 Å². The van der Waals surface area contributed by atoms with Crippen molar-refractivity contribution in [2.45, 2.75) is 6.54 Å². The van der Waals surface area contributed by atoms with Crippen molar-refractivity contribution in [3.63, 3.8) is 0 Å². The zero-order valence-corrected chi connectivity index (χ0v) is 13.7. The molecule has 0 unspecified atom stereocenters. The average Bonchev–Trinajstić information content (AvgIpc) is 2.93. The van der Waals surface area contributed by atoms with E-state index in [1.165, 1.54) is 18.2 Å². The molecule has 27 heavy (non-hydrogen) atoms. The molecule has 0 aliphatic carbocycles. The van der Waals surface area contributed by atoms with Crippen molar-refractivity contribution in [1.82, 2.24) is 4.57 Å². The molecule has 1 aromatic heterocycles. The lowest BCUT2D eigenvalue weighted by atomic mass is 10.1. The monoisotopic (exact) mass is 371 g/mol. The number of aromatic nitrogens is 1. The number of carbonyl (C=O) groups is 1. The maximum atomic E-state index is 14.1. The number of benzene rings is 3. The molecular formula is C20H11F4N2O. The normalized spacial score (nSPS) is 11.4.